The number of benzene rings is 1. The van der Waals surface area contributed by atoms with Crippen molar-refractivity contribution >= 4 is 47.4 Å². The first kappa shape index (κ1) is 18.1. The molecule has 126 valence electrons. The zero-order chi connectivity index (χ0) is 17.2. The highest BCUT2D eigenvalue weighted by Crippen LogP contribution is 2.33. The lowest BCUT2D eigenvalue weighted by molar-refractivity contribution is 0.391. The molecule has 2 rings (SSSR count). The zero-order valence-corrected chi connectivity index (χ0v) is 15.7. The monoisotopic (exact) mass is 395 g/mol. The van der Waals surface area contributed by atoms with Gasteiger partial charge in [-0.3, -0.25) is 4.79 Å². The van der Waals surface area contributed by atoms with E-state index < -0.39 is 10.1 Å². The van der Waals surface area contributed by atoms with Crippen molar-refractivity contribution in [2.75, 3.05) is 25.3 Å². The normalized spacial score (nSPS) is 11.3. The molecule has 1 heterocycles. The number of halogens is 1. The van der Waals surface area contributed by atoms with Gasteiger partial charge in [0.2, 0.25) is 0 Å². The maximum atomic E-state index is 11.5. The van der Waals surface area contributed by atoms with Gasteiger partial charge in [0, 0.05) is 13.6 Å². The van der Waals surface area contributed by atoms with Crippen LogP contribution < -0.4 is 18.6 Å². The van der Waals surface area contributed by atoms with Crippen molar-refractivity contribution in [3.63, 3.8) is 0 Å². The van der Waals surface area contributed by atoms with Gasteiger partial charge in [0.05, 0.1) is 13.4 Å². The molecule has 23 heavy (non-hydrogen) atoms. The molecule has 2 aromatic rings. The first-order valence-corrected chi connectivity index (χ1v) is 10.6. The Balaban J connectivity index is 2.24. The van der Waals surface area contributed by atoms with Crippen LogP contribution in [0.4, 0.5) is 5.00 Å². The first-order chi connectivity index (χ1) is 10.7. The van der Waals surface area contributed by atoms with Gasteiger partial charge in [-0.05, 0) is 28.0 Å². The van der Waals surface area contributed by atoms with E-state index in [-0.39, 0.29) is 15.5 Å². The van der Waals surface area contributed by atoms with Gasteiger partial charge >= 0.3 is 10.1 Å². The van der Waals surface area contributed by atoms with Gasteiger partial charge < -0.3 is 13.8 Å². The topological polar surface area (TPSA) is 72.9 Å². The second-order valence-electron chi connectivity index (χ2n) is 4.70. The Kier molecular flexibility index (Phi) is 5.56. The van der Waals surface area contributed by atoms with Crippen LogP contribution in [0.2, 0.25) is 5.02 Å². The smallest absolute Gasteiger partial charge is 0.306 e. The van der Waals surface area contributed by atoms with Crippen LogP contribution >= 0.6 is 32.3 Å². The van der Waals surface area contributed by atoms with Gasteiger partial charge in [0.1, 0.15) is 10.0 Å². The molecule has 1 aromatic carbocycles. The van der Waals surface area contributed by atoms with Gasteiger partial charge in [0.15, 0.2) is 11.5 Å². The minimum atomic E-state index is -3.63. The van der Waals surface area contributed by atoms with Crippen LogP contribution in [-0.4, -0.2) is 28.8 Å². The van der Waals surface area contributed by atoms with Crippen LogP contribution in [0.1, 0.15) is 5.56 Å². The van der Waals surface area contributed by atoms with E-state index in [1.54, 1.807) is 12.1 Å². The molecular formula is C13H14ClNO5S3. The predicted molar refractivity (Wildman–Crippen MR) is 94.0 cm³/mol. The summed E-state index contributed by atoms with van der Waals surface area (Å²) >= 11 is 5.98. The fraction of sp³-hybridized carbons (Fsp3) is 0.308. The van der Waals surface area contributed by atoms with Gasteiger partial charge in [-0.1, -0.05) is 28.0 Å². The number of anilines is 1. The van der Waals surface area contributed by atoms with Crippen molar-refractivity contribution in [2.24, 2.45) is 0 Å². The van der Waals surface area contributed by atoms with E-state index in [1.807, 2.05) is 11.9 Å². The summed E-state index contributed by atoms with van der Waals surface area (Å²) in [6, 6.07) is 4.93. The SMILES string of the molecule is COc1cc(CN(C)c2ssc(=O)c2Cl)ccc1OS(C)(=O)=O. The molecule has 0 unspecified atom stereocenters. The van der Waals surface area contributed by atoms with Crippen molar-refractivity contribution in [1.29, 1.82) is 0 Å². The Morgan fingerprint density at radius 3 is 2.48 bits per heavy atom. The Morgan fingerprint density at radius 1 is 1.26 bits per heavy atom. The molecular weight excluding hydrogens is 382 g/mol. The lowest BCUT2D eigenvalue weighted by atomic mass is 10.2. The van der Waals surface area contributed by atoms with Crippen molar-refractivity contribution in [3.05, 3.63) is 38.3 Å². The van der Waals surface area contributed by atoms with Crippen LogP contribution in [0.5, 0.6) is 11.5 Å². The Bertz CT molecular complexity index is 859. The van der Waals surface area contributed by atoms with E-state index in [0.29, 0.717) is 17.3 Å². The molecule has 0 aliphatic rings. The zero-order valence-electron chi connectivity index (χ0n) is 12.5. The summed E-state index contributed by atoms with van der Waals surface area (Å²) in [7, 11) is 2.02. The quantitative estimate of drug-likeness (QED) is 0.553. The molecule has 0 aliphatic heterocycles. The average Bonchev–Trinajstić information content (AvgIpc) is 2.79. The number of methoxy groups -OCH3 is 1. The fourth-order valence-corrected chi connectivity index (χ4v) is 5.06. The highest BCUT2D eigenvalue weighted by atomic mass is 35.5. The Hall–Kier alpha value is -1.29. The molecule has 10 heteroatoms. The van der Waals surface area contributed by atoms with Crippen molar-refractivity contribution < 1.29 is 17.3 Å². The molecule has 0 fully saturated rings. The lowest BCUT2D eigenvalue weighted by Crippen LogP contribution is -2.16. The molecule has 0 saturated carbocycles. The van der Waals surface area contributed by atoms with Gasteiger partial charge in [-0.15, -0.1) is 0 Å². The maximum Gasteiger partial charge on any atom is 0.306 e. The third kappa shape index (κ3) is 4.60. The minimum Gasteiger partial charge on any atom is -0.493 e. The lowest BCUT2D eigenvalue weighted by Gasteiger charge is -2.18. The highest BCUT2D eigenvalue weighted by Gasteiger charge is 2.15. The van der Waals surface area contributed by atoms with Gasteiger partial charge in [-0.25, -0.2) is 0 Å². The molecule has 0 amide bonds. The number of hydrogen-bond donors (Lipinski definition) is 0. The van der Waals surface area contributed by atoms with Crippen LogP contribution in [0, 0.1) is 0 Å². The fourth-order valence-electron chi connectivity index (χ4n) is 1.86. The molecule has 6 nitrogen and oxygen atoms in total. The molecule has 1 aromatic heterocycles. The number of rotatable bonds is 6. The van der Waals surface area contributed by atoms with Crippen molar-refractivity contribution in [2.45, 2.75) is 6.54 Å². The summed E-state index contributed by atoms with van der Waals surface area (Å²) < 4.78 is 32.3. The van der Waals surface area contributed by atoms with Gasteiger partial charge in [0.25, 0.3) is 4.74 Å². The minimum absolute atomic E-state index is 0.125. The van der Waals surface area contributed by atoms with Crippen LogP contribution in [-0.2, 0) is 16.7 Å². The third-order valence-electron chi connectivity index (χ3n) is 2.80. The van der Waals surface area contributed by atoms with Crippen molar-refractivity contribution in [3.8, 4) is 11.5 Å². The molecule has 0 atom stereocenters. The largest absolute Gasteiger partial charge is 0.493 e. The summed E-state index contributed by atoms with van der Waals surface area (Å²) in [5.74, 6) is 0.436. The summed E-state index contributed by atoms with van der Waals surface area (Å²) in [5, 5.41) is 0.906. The van der Waals surface area contributed by atoms with E-state index in [0.717, 1.165) is 22.2 Å². The van der Waals surface area contributed by atoms with Crippen molar-refractivity contribution in [1.82, 2.24) is 0 Å². The van der Waals surface area contributed by atoms with E-state index >= 15 is 0 Å². The molecule has 0 aliphatic carbocycles. The number of hydrogen-bond acceptors (Lipinski definition) is 8. The molecule has 0 N–H and O–H groups in total. The summed E-state index contributed by atoms with van der Waals surface area (Å²) in [4.78, 5) is 13.3. The molecule has 0 radical (unpaired) electrons. The standard InChI is InChI=1S/C13H14ClNO5S3/c1-15(12-11(14)13(16)22-21-12)7-8-4-5-9(10(6-8)19-2)20-23(3,17)18/h4-6H,7H2,1-3H3. The van der Waals surface area contributed by atoms with Crippen LogP contribution in [0.3, 0.4) is 0 Å². The predicted octanol–water partition coefficient (Wildman–Crippen LogP) is 2.81. The van der Waals surface area contributed by atoms with E-state index in [1.165, 1.54) is 23.5 Å². The molecule has 0 bridgehead atoms. The first-order valence-electron chi connectivity index (χ1n) is 6.27. The summed E-state index contributed by atoms with van der Waals surface area (Å²) in [6.45, 7) is 0.474. The summed E-state index contributed by atoms with van der Waals surface area (Å²) in [5.41, 5.74) is 0.854. The Labute approximate surface area is 146 Å². The van der Waals surface area contributed by atoms with Crippen LogP contribution in [0.25, 0.3) is 0 Å². The molecule has 0 spiro atoms. The number of ether oxygens (including phenoxy) is 1. The molecule has 0 saturated heterocycles. The average molecular weight is 396 g/mol. The maximum absolute atomic E-state index is 11.5. The van der Waals surface area contributed by atoms with E-state index in [2.05, 4.69) is 0 Å². The second kappa shape index (κ2) is 7.08. The number of nitrogens with zero attached hydrogens (tertiary/aromatic N) is 1. The van der Waals surface area contributed by atoms with Gasteiger partial charge in [-0.2, -0.15) is 8.42 Å². The Morgan fingerprint density at radius 2 is 1.96 bits per heavy atom. The summed E-state index contributed by atoms with van der Waals surface area (Å²) in [6.07, 6.45) is 0.967. The van der Waals surface area contributed by atoms with E-state index in [9.17, 15) is 13.2 Å². The van der Waals surface area contributed by atoms with Crippen LogP contribution in [0.15, 0.2) is 23.0 Å². The third-order valence-corrected chi connectivity index (χ3v) is 6.15. The van der Waals surface area contributed by atoms with E-state index in [4.69, 9.17) is 20.5 Å². The highest BCUT2D eigenvalue weighted by molar-refractivity contribution is 7.86. The second-order valence-corrected chi connectivity index (χ2v) is 8.75.